The van der Waals surface area contributed by atoms with Crippen molar-refractivity contribution in [2.24, 2.45) is 22.7 Å². The number of hydrogen-bond donors (Lipinski definition) is 6. The molecule has 5 aliphatic rings. The number of amides is 1. The molecule has 2 radical (unpaired) electrons. The fraction of sp³-hybridized carbons (Fsp3) is 0.684. The van der Waals surface area contributed by atoms with Crippen LogP contribution in [0, 0.1) is 111 Å². The fourth-order valence-corrected chi connectivity index (χ4v) is 9.09. The Balaban J connectivity index is 0.00000325. The number of aliphatic hydroxyl groups excluding tert-OH is 3. The first-order chi connectivity index (χ1) is 24.1. The Morgan fingerprint density at radius 2 is 1.61 bits per heavy atom. The first kappa shape index (κ1) is 46.2. The number of ether oxygens (including phenoxy) is 4. The van der Waals surface area contributed by atoms with Gasteiger partial charge in [0.1, 0.15) is 35.1 Å². The third kappa shape index (κ3) is 7.83. The molecule has 292 valence electrons. The number of benzene rings is 1. The van der Waals surface area contributed by atoms with Crippen LogP contribution in [0.25, 0.3) is 0 Å². The molecular weight excluding hydrogens is 1130 g/mol. The second-order valence-electron chi connectivity index (χ2n) is 17.0. The van der Waals surface area contributed by atoms with Gasteiger partial charge in [0.25, 0.3) is 0 Å². The van der Waals surface area contributed by atoms with Gasteiger partial charge in [0.2, 0.25) is 0 Å². The van der Waals surface area contributed by atoms with E-state index in [1.54, 1.807) is 52.8 Å². The SMILES string of the molecule is CC1=C2[C@@H](O)C(=O)[C@@]3(C)[C@H]([C@H](OC(=O)c4ccccc4)[C@](O)(CC1OC(=O)[C@H](O)[C@@H](NC(=O)OC(C)(C)C)C1CC1)C2(C)C)[C@]1(O)CO[C@@H]1C[C@@H]3O.[Ac].[Ac]. The summed E-state index contributed by atoms with van der Waals surface area (Å²) in [5.74, 6) is -4.64. The Bertz CT molecular complexity index is 1660. The summed E-state index contributed by atoms with van der Waals surface area (Å²) < 4.78 is 23.1. The van der Waals surface area contributed by atoms with E-state index >= 15 is 0 Å². The van der Waals surface area contributed by atoms with Crippen LogP contribution in [0.5, 0.6) is 0 Å². The van der Waals surface area contributed by atoms with Gasteiger partial charge in [-0.25, -0.2) is 14.4 Å². The van der Waals surface area contributed by atoms with E-state index in [0.717, 1.165) is 0 Å². The van der Waals surface area contributed by atoms with Crippen LogP contribution < -0.4 is 5.32 Å². The van der Waals surface area contributed by atoms with Gasteiger partial charge in [-0.1, -0.05) is 32.0 Å². The minimum absolute atomic E-state index is 0. The van der Waals surface area contributed by atoms with Gasteiger partial charge in [-0.15, -0.1) is 0 Å². The second kappa shape index (κ2) is 16.3. The largest absolute Gasteiger partial charge is 0.456 e. The molecule has 0 spiro atoms. The zero-order valence-corrected chi connectivity index (χ0v) is 41.3. The quantitative estimate of drug-likeness (QED) is 0.131. The van der Waals surface area contributed by atoms with Crippen LogP contribution >= 0.6 is 0 Å². The van der Waals surface area contributed by atoms with E-state index in [0.29, 0.717) is 12.8 Å². The number of Topliss-reactive ketones (excluding diaryl/α,β-unsaturated/α-hetero) is 1. The number of rotatable bonds is 7. The van der Waals surface area contributed by atoms with E-state index in [4.69, 9.17) is 18.9 Å². The Morgan fingerprint density at radius 1 is 1.00 bits per heavy atom. The van der Waals surface area contributed by atoms with Gasteiger partial charge in [-0.05, 0) is 76.7 Å². The molecule has 1 amide bonds. The summed E-state index contributed by atoms with van der Waals surface area (Å²) in [6.07, 6.45) is -9.54. The van der Waals surface area contributed by atoms with E-state index < -0.39 is 106 Å². The molecule has 11 atom stereocenters. The zero-order valence-electron chi connectivity index (χ0n) is 31.8. The van der Waals surface area contributed by atoms with Crippen molar-refractivity contribution in [1.82, 2.24) is 5.32 Å². The molecule has 1 aromatic rings. The van der Waals surface area contributed by atoms with Gasteiger partial charge in [0.05, 0.1) is 35.8 Å². The van der Waals surface area contributed by atoms with Crippen molar-refractivity contribution in [3.8, 4) is 0 Å². The summed E-state index contributed by atoms with van der Waals surface area (Å²) in [5.41, 5.74) is -8.19. The Morgan fingerprint density at radius 3 is 2.15 bits per heavy atom. The van der Waals surface area contributed by atoms with Gasteiger partial charge in [0, 0.05) is 112 Å². The fourth-order valence-electron chi connectivity index (χ4n) is 9.09. The maximum atomic E-state index is 14.6. The normalized spacial score (nSPS) is 36.5. The molecule has 4 fully saturated rings. The van der Waals surface area contributed by atoms with Crippen LogP contribution in [-0.4, -0.2) is 115 Å². The smallest absolute Gasteiger partial charge is 0.407 e. The number of carbonyl (C=O) groups is 4. The van der Waals surface area contributed by atoms with Gasteiger partial charge in [-0.3, -0.25) is 4.79 Å². The van der Waals surface area contributed by atoms with Crippen molar-refractivity contribution < 1.29 is 152 Å². The number of nitrogens with one attached hydrogen (secondary N) is 1. The molecule has 1 aliphatic heterocycles. The maximum absolute atomic E-state index is 14.6. The van der Waals surface area contributed by atoms with E-state index in [1.165, 1.54) is 26.0 Å². The molecule has 0 aromatic heterocycles. The number of esters is 2. The summed E-state index contributed by atoms with van der Waals surface area (Å²) in [6.45, 7) is 10.8. The summed E-state index contributed by atoms with van der Waals surface area (Å²) in [7, 11) is 0. The van der Waals surface area contributed by atoms with E-state index in [2.05, 4.69) is 5.32 Å². The van der Waals surface area contributed by atoms with E-state index in [9.17, 15) is 44.7 Å². The summed E-state index contributed by atoms with van der Waals surface area (Å²) in [4.78, 5) is 54.8. The third-order valence-electron chi connectivity index (χ3n) is 12.3. The van der Waals surface area contributed by atoms with Crippen LogP contribution in [0.1, 0.15) is 84.5 Å². The first-order valence-electron chi connectivity index (χ1n) is 17.9. The molecule has 1 saturated heterocycles. The van der Waals surface area contributed by atoms with Crippen LogP contribution in [0.2, 0.25) is 0 Å². The van der Waals surface area contributed by atoms with Crippen LogP contribution in [0.4, 0.5) is 4.79 Å². The zero-order chi connectivity index (χ0) is 38.3. The minimum Gasteiger partial charge on any atom is -0.456 e. The maximum Gasteiger partial charge on any atom is 0.407 e. The molecule has 14 nitrogen and oxygen atoms in total. The first-order valence-corrected chi connectivity index (χ1v) is 17.9. The Hall–Kier alpha value is -0.517. The van der Waals surface area contributed by atoms with Crippen molar-refractivity contribution in [2.75, 3.05) is 6.61 Å². The van der Waals surface area contributed by atoms with Gasteiger partial charge in [0.15, 0.2) is 11.9 Å². The van der Waals surface area contributed by atoms with Crippen LogP contribution in [-0.2, 0) is 28.5 Å². The van der Waals surface area contributed by atoms with Crippen LogP contribution in [0.3, 0.4) is 0 Å². The van der Waals surface area contributed by atoms with Crippen LogP contribution in [0.15, 0.2) is 41.5 Å². The second-order valence-corrected chi connectivity index (χ2v) is 17.0. The Labute approximate surface area is 386 Å². The van der Waals surface area contributed by atoms with Crippen molar-refractivity contribution in [2.45, 2.75) is 134 Å². The molecule has 6 N–H and O–H groups in total. The topological polar surface area (TPSA) is 218 Å². The average molecular weight is 1180 g/mol. The molecule has 1 unspecified atom stereocenters. The molecule has 2 bridgehead atoms. The predicted octanol–water partition coefficient (Wildman–Crippen LogP) is 1.73. The average Bonchev–Trinajstić information content (AvgIpc) is 3.90. The molecule has 1 heterocycles. The predicted molar refractivity (Wildman–Crippen MR) is 181 cm³/mol. The summed E-state index contributed by atoms with van der Waals surface area (Å²) in [5, 5.41) is 62.8. The van der Waals surface area contributed by atoms with Gasteiger partial charge < -0.3 is 49.8 Å². The van der Waals surface area contributed by atoms with E-state index in [-0.39, 0.29) is 124 Å². The number of fused-ring (bicyclic) bond motifs is 5. The van der Waals surface area contributed by atoms with E-state index in [1.807, 2.05) is 0 Å². The van der Waals surface area contributed by atoms with Gasteiger partial charge in [-0.2, -0.15) is 0 Å². The number of alkyl carbamates (subject to hydrolysis) is 1. The number of carbonyl (C=O) groups excluding carboxylic acids is 4. The minimum atomic E-state index is -2.27. The molecule has 6 rings (SSSR count). The number of hydrogen-bond acceptors (Lipinski definition) is 13. The number of ketones is 1. The van der Waals surface area contributed by atoms with Gasteiger partial charge >= 0.3 is 18.0 Å². The van der Waals surface area contributed by atoms with Crippen molar-refractivity contribution in [3.63, 3.8) is 0 Å². The summed E-state index contributed by atoms with van der Waals surface area (Å²) in [6, 6.07) is 6.87. The number of aliphatic hydroxyl groups is 5. The van der Waals surface area contributed by atoms with Crippen molar-refractivity contribution in [1.29, 1.82) is 0 Å². The molecule has 16 heteroatoms. The van der Waals surface area contributed by atoms with Crippen molar-refractivity contribution >= 4 is 23.8 Å². The third-order valence-corrected chi connectivity index (χ3v) is 12.3. The molecular formula is C38H51Ac2NO13. The standard InChI is InChI=1S/C38H51NO13.2Ac/c1-18-21(50-32(45)27(42)25(19-13-14-19)39-33(46)52-34(2,3)4)16-38(48)30(51-31(44)20-11-9-8-10-12-20)28-36(7,22(40)15-23-37(28,47)17-49-23)29(43)26(41)24(18)35(38,5)6;;/h8-12,19,21-23,25-28,30,40-42,47-48H,13-17H2,1-7H3,(H,39,46);;/t21?,22-,23+,25-,26+,27+,28-,30-,36+,37-,38+;;/m0../s1. The Kier molecular flexibility index (Phi) is 13.9. The molecule has 3 saturated carbocycles. The molecule has 54 heavy (non-hydrogen) atoms. The molecule has 1 aromatic carbocycles. The monoisotopic (exact) mass is 1180 g/mol. The van der Waals surface area contributed by atoms with Crippen molar-refractivity contribution in [3.05, 3.63) is 47.0 Å². The summed E-state index contributed by atoms with van der Waals surface area (Å²) >= 11 is 0. The molecule has 4 aliphatic carbocycles.